The van der Waals surface area contributed by atoms with Crippen molar-refractivity contribution in [2.45, 2.75) is 45.3 Å². The van der Waals surface area contributed by atoms with Crippen molar-refractivity contribution in [3.63, 3.8) is 0 Å². The van der Waals surface area contributed by atoms with Crippen LogP contribution in [0, 0.1) is 18.3 Å². The number of benzene rings is 3. The fourth-order valence-electron chi connectivity index (χ4n) is 3.71. The summed E-state index contributed by atoms with van der Waals surface area (Å²) in [5, 5.41) is 27.7. The largest absolute Gasteiger partial charge is 0.489 e. The Labute approximate surface area is 204 Å². The third-order valence-corrected chi connectivity index (χ3v) is 5.52. The molecule has 2 N–H and O–H groups in total. The summed E-state index contributed by atoms with van der Waals surface area (Å²) in [6.07, 6.45) is 0.133. The Morgan fingerprint density at radius 3 is 2.40 bits per heavy atom. The van der Waals surface area contributed by atoms with Crippen LogP contribution in [0.25, 0.3) is 0 Å². The maximum absolute atomic E-state index is 11.2. The van der Waals surface area contributed by atoms with Crippen molar-refractivity contribution in [2.24, 2.45) is 0 Å². The van der Waals surface area contributed by atoms with Gasteiger partial charge in [-0.3, -0.25) is 9.59 Å². The number of carboxylic acid groups (broad SMARTS) is 2. The Kier molecular flexibility index (Phi) is 8.85. The first kappa shape index (κ1) is 25.3. The van der Waals surface area contributed by atoms with Crippen molar-refractivity contribution in [1.29, 1.82) is 5.26 Å². The van der Waals surface area contributed by atoms with Crippen LogP contribution in [0.5, 0.6) is 11.5 Å². The third kappa shape index (κ3) is 7.61. The Morgan fingerprint density at radius 1 is 0.943 bits per heavy atom. The molecule has 0 aromatic heterocycles. The molecule has 3 rings (SSSR count). The second-order valence-corrected chi connectivity index (χ2v) is 8.17. The summed E-state index contributed by atoms with van der Waals surface area (Å²) >= 11 is 0. The lowest BCUT2D eigenvalue weighted by atomic mass is 9.99. The first-order chi connectivity index (χ1) is 16.9. The van der Waals surface area contributed by atoms with Crippen molar-refractivity contribution >= 4 is 11.9 Å². The number of aryl methyl sites for hydroxylation is 2. The molecule has 0 radical (unpaired) electrons. The predicted molar refractivity (Wildman–Crippen MR) is 129 cm³/mol. The summed E-state index contributed by atoms with van der Waals surface area (Å²) < 4.78 is 12.1. The molecular formula is C28H27NO6. The minimum Gasteiger partial charge on any atom is -0.489 e. The molecule has 3 aromatic carbocycles. The lowest BCUT2D eigenvalue weighted by Crippen LogP contribution is -2.12. The normalized spacial score (nSPS) is 11.3. The summed E-state index contributed by atoms with van der Waals surface area (Å²) in [6.45, 7) is 2.19. The van der Waals surface area contributed by atoms with Crippen LogP contribution in [0.15, 0.2) is 66.7 Å². The fourth-order valence-corrected chi connectivity index (χ4v) is 3.71. The molecule has 35 heavy (non-hydrogen) atoms. The lowest BCUT2D eigenvalue weighted by molar-refractivity contribution is -0.138. The quantitative estimate of drug-likeness (QED) is 0.359. The molecule has 0 heterocycles. The maximum atomic E-state index is 11.2. The Hall–Kier alpha value is -4.31. The molecule has 0 aliphatic heterocycles. The molecule has 0 amide bonds. The van der Waals surface area contributed by atoms with Crippen LogP contribution in [0.3, 0.4) is 0 Å². The summed E-state index contributed by atoms with van der Waals surface area (Å²) in [5.41, 5.74) is 3.96. The van der Waals surface area contributed by atoms with Gasteiger partial charge in [-0.2, -0.15) is 5.26 Å². The zero-order valence-corrected chi connectivity index (χ0v) is 19.4. The van der Waals surface area contributed by atoms with Gasteiger partial charge in [0.05, 0.1) is 5.56 Å². The number of hydrogen-bond acceptors (Lipinski definition) is 5. The molecule has 180 valence electrons. The van der Waals surface area contributed by atoms with Crippen LogP contribution in [-0.4, -0.2) is 22.2 Å². The van der Waals surface area contributed by atoms with Crippen molar-refractivity contribution in [2.75, 3.05) is 0 Å². The third-order valence-electron chi connectivity index (χ3n) is 5.52. The highest BCUT2D eigenvalue weighted by atomic mass is 16.5. The van der Waals surface area contributed by atoms with Gasteiger partial charge in [0.15, 0.2) is 0 Å². The van der Waals surface area contributed by atoms with E-state index in [9.17, 15) is 20.0 Å². The molecule has 7 heteroatoms. The number of nitrogens with zero attached hydrogens (tertiary/aromatic N) is 1. The van der Waals surface area contributed by atoms with Gasteiger partial charge in [0.25, 0.3) is 0 Å². The van der Waals surface area contributed by atoms with Crippen LogP contribution in [-0.2, 0) is 22.6 Å². The van der Waals surface area contributed by atoms with E-state index in [1.807, 2.05) is 55.5 Å². The van der Waals surface area contributed by atoms with Gasteiger partial charge in [-0.1, -0.05) is 48.5 Å². The highest BCUT2D eigenvalue weighted by Gasteiger charge is 2.19. The number of ether oxygens (including phenoxy) is 2. The molecule has 7 nitrogen and oxygen atoms in total. The smallest absolute Gasteiger partial charge is 0.303 e. The SMILES string of the molecule is Cc1ccccc1[C@H](CCC(=O)O)Oc1cc(OCc2cccc(CCC(=O)O)c2)ccc1C#N. The molecule has 0 saturated heterocycles. The second kappa shape index (κ2) is 12.2. The molecule has 0 fully saturated rings. The molecule has 0 spiro atoms. The Balaban J connectivity index is 1.78. The number of nitriles is 1. The molecule has 0 saturated carbocycles. The van der Waals surface area contributed by atoms with E-state index in [0.29, 0.717) is 23.5 Å². The van der Waals surface area contributed by atoms with Crippen molar-refractivity contribution < 1.29 is 29.3 Å². The standard InChI is InChI=1S/C28H27NO6/c1-19-5-2-3-8-24(19)25(12-14-28(32)33)35-26-16-23(11-10-22(26)17-29)34-18-21-7-4-6-20(15-21)9-13-27(30)31/h2-8,10-11,15-16,25H,9,12-14,18H2,1H3,(H,30,31)(H,32,33)/t25-/m0/s1. The Morgan fingerprint density at radius 2 is 1.69 bits per heavy atom. The lowest BCUT2D eigenvalue weighted by Gasteiger charge is -2.22. The van der Waals surface area contributed by atoms with E-state index >= 15 is 0 Å². The summed E-state index contributed by atoms with van der Waals surface area (Å²) in [6, 6.07) is 22.2. The number of aliphatic carboxylic acids is 2. The zero-order valence-electron chi connectivity index (χ0n) is 19.4. The molecular weight excluding hydrogens is 446 g/mol. The topological polar surface area (TPSA) is 117 Å². The van der Waals surface area contributed by atoms with Crippen molar-refractivity contribution in [3.05, 3.63) is 94.5 Å². The van der Waals surface area contributed by atoms with E-state index in [0.717, 1.165) is 22.3 Å². The fraction of sp³-hybridized carbons (Fsp3) is 0.250. The van der Waals surface area contributed by atoms with Gasteiger partial charge in [0.1, 0.15) is 30.3 Å². The van der Waals surface area contributed by atoms with E-state index in [2.05, 4.69) is 6.07 Å². The minimum atomic E-state index is -0.921. The van der Waals surface area contributed by atoms with Crippen LogP contribution < -0.4 is 9.47 Å². The van der Waals surface area contributed by atoms with Crippen LogP contribution in [0.2, 0.25) is 0 Å². The summed E-state index contributed by atoms with van der Waals surface area (Å²) in [7, 11) is 0. The number of carboxylic acids is 2. The summed E-state index contributed by atoms with van der Waals surface area (Å²) in [4.78, 5) is 22.0. The van der Waals surface area contributed by atoms with Gasteiger partial charge in [-0.05, 0) is 54.2 Å². The van der Waals surface area contributed by atoms with Crippen LogP contribution >= 0.6 is 0 Å². The van der Waals surface area contributed by atoms with Gasteiger partial charge in [-0.15, -0.1) is 0 Å². The molecule has 0 aliphatic rings. The van der Waals surface area contributed by atoms with Gasteiger partial charge >= 0.3 is 11.9 Å². The molecule has 1 atom stereocenters. The van der Waals surface area contributed by atoms with E-state index in [1.54, 1.807) is 18.2 Å². The number of carbonyl (C=O) groups is 2. The van der Waals surface area contributed by atoms with E-state index < -0.39 is 18.0 Å². The highest BCUT2D eigenvalue weighted by molar-refractivity contribution is 5.67. The van der Waals surface area contributed by atoms with Gasteiger partial charge in [0.2, 0.25) is 0 Å². The van der Waals surface area contributed by atoms with Crippen molar-refractivity contribution in [3.8, 4) is 17.6 Å². The number of hydrogen-bond donors (Lipinski definition) is 2. The maximum Gasteiger partial charge on any atom is 0.303 e. The zero-order chi connectivity index (χ0) is 25.2. The van der Waals surface area contributed by atoms with E-state index in [-0.39, 0.29) is 25.9 Å². The molecule has 0 unspecified atom stereocenters. The van der Waals surface area contributed by atoms with E-state index in [4.69, 9.17) is 14.6 Å². The average Bonchev–Trinajstić information content (AvgIpc) is 2.84. The minimum absolute atomic E-state index is 0.0601. The van der Waals surface area contributed by atoms with Gasteiger partial charge in [-0.25, -0.2) is 0 Å². The Bertz CT molecular complexity index is 1230. The molecule has 0 aliphatic carbocycles. The molecule has 0 bridgehead atoms. The second-order valence-electron chi connectivity index (χ2n) is 8.17. The monoisotopic (exact) mass is 473 g/mol. The molecule has 3 aromatic rings. The average molecular weight is 474 g/mol. The van der Waals surface area contributed by atoms with Crippen molar-refractivity contribution in [1.82, 2.24) is 0 Å². The van der Waals surface area contributed by atoms with E-state index in [1.165, 1.54) is 0 Å². The highest BCUT2D eigenvalue weighted by Crippen LogP contribution is 2.33. The van der Waals surface area contributed by atoms with Crippen LogP contribution in [0.1, 0.15) is 53.2 Å². The summed E-state index contributed by atoms with van der Waals surface area (Å²) in [5.74, 6) is -0.949. The first-order valence-corrected chi connectivity index (χ1v) is 11.3. The van der Waals surface area contributed by atoms with Gasteiger partial charge in [0, 0.05) is 18.9 Å². The number of rotatable bonds is 12. The van der Waals surface area contributed by atoms with Crippen LogP contribution in [0.4, 0.5) is 0 Å². The predicted octanol–water partition coefficient (Wildman–Crippen LogP) is 5.45. The first-order valence-electron chi connectivity index (χ1n) is 11.3. The van der Waals surface area contributed by atoms with Gasteiger partial charge < -0.3 is 19.7 Å².